The van der Waals surface area contributed by atoms with Crippen molar-refractivity contribution >= 4 is 18.6 Å². The molecule has 8 nitrogen and oxygen atoms in total. The molecule has 75 heavy (non-hydrogen) atoms. The van der Waals surface area contributed by atoms with Gasteiger partial charge in [-0.1, -0.05) is 148 Å². The summed E-state index contributed by atoms with van der Waals surface area (Å²) >= 11 is 0. The molecule has 0 aromatic heterocycles. The zero-order valence-corrected chi connectivity index (χ0v) is 49.1. The van der Waals surface area contributed by atoms with Crippen LogP contribution in [0.4, 0.5) is 4.39 Å². The quantitative estimate of drug-likeness (QED) is 0.0661. The number of hydrogen-bond acceptors (Lipinski definition) is 8. The Hall–Kier alpha value is -5.00. The molecular formula is C65H90BFO8. The Morgan fingerprint density at radius 1 is 0.587 bits per heavy atom. The maximum Gasteiger partial charge on any atom is 0.495 e. The molecule has 0 bridgehead atoms. The highest BCUT2D eigenvalue weighted by Gasteiger charge is 2.52. The van der Waals surface area contributed by atoms with Crippen molar-refractivity contribution in [2.24, 2.45) is 10.8 Å². The van der Waals surface area contributed by atoms with Crippen LogP contribution in [0.5, 0.6) is 11.5 Å². The summed E-state index contributed by atoms with van der Waals surface area (Å²) in [7, 11) is 0.943. The van der Waals surface area contributed by atoms with Crippen molar-refractivity contribution in [1.82, 2.24) is 0 Å². The standard InChI is InChI=1S/C34H43FO4.C31H47BO4/c1-9-34(10-2,27-14-16-30(23(4)18-27)39-21-31(36)33(5,6)7)26-13-15-28(22(3)17-26)24-11-12-25(29(35)19-24)20-32(37)38-8;1-12-31(13-2,24-15-17-26(22(4)19-24)34-20-27(33)28(5,6)7)23-14-16-25(21(3)18-23)32-35-29(8,9)30(10,11)36-32/h11-19,31,36H,9-10,20-21H2,1-8H3;14-19,27,33H,12-13,20H2,1-11H3. The molecule has 5 aromatic rings. The molecule has 0 spiro atoms. The molecule has 2 N–H and O–H groups in total. The van der Waals surface area contributed by atoms with Gasteiger partial charge in [0.05, 0.1) is 36.9 Å². The normalized spacial score (nSPS) is 15.5. The van der Waals surface area contributed by atoms with Gasteiger partial charge in [-0.25, -0.2) is 4.39 Å². The van der Waals surface area contributed by atoms with Crippen molar-refractivity contribution in [3.05, 3.63) is 147 Å². The Kier molecular flexibility index (Phi) is 19.6. The van der Waals surface area contributed by atoms with E-state index in [1.54, 1.807) is 6.07 Å². The van der Waals surface area contributed by atoms with E-state index in [0.717, 1.165) is 70.5 Å². The molecule has 0 saturated carbocycles. The van der Waals surface area contributed by atoms with Crippen LogP contribution in [0.1, 0.15) is 173 Å². The third kappa shape index (κ3) is 13.6. The Labute approximate surface area is 451 Å². The highest BCUT2D eigenvalue weighted by molar-refractivity contribution is 6.62. The highest BCUT2D eigenvalue weighted by atomic mass is 19.1. The first-order chi connectivity index (χ1) is 34.9. The van der Waals surface area contributed by atoms with Crippen LogP contribution in [0.15, 0.2) is 91.0 Å². The predicted octanol–water partition coefficient (Wildman–Crippen LogP) is 14.2. The van der Waals surface area contributed by atoms with E-state index in [1.807, 2.05) is 60.6 Å². The molecule has 408 valence electrons. The van der Waals surface area contributed by atoms with Crippen LogP contribution in [0.2, 0.25) is 0 Å². The molecule has 6 rings (SSSR count). The minimum Gasteiger partial charge on any atom is -0.491 e. The average Bonchev–Trinajstić information content (AvgIpc) is 3.57. The van der Waals surface area contributed by atoms with Gasteiger partial charge in [-0.05, 0) is 171 Å². The number of methoxy groups -OCH3 is 1. The monoisotopic (exact) mass is 1030 g/mol. The topological polar surface area (TPSA) is 104 Å². The Morgan fingerprint density at radius 2 is 0.987 bits per heavy atom. The summed E-state index contributed by atoms with van der Waals surface area (Å²) in [4.78, 5) is 11.6. The summed E-state index contributed by atoms with van der Waals surface area (Å²) in [6, 6.07) is 31.0. The van der Waals surface area contributed by atoms with Gasteiger partial charge in [0.15, 0.2) is 0 Å². The van der Waals surface area contributed by atoms with Gasteiger partial charge < -0.3 is 33.7 Å². The van der Waals surface area contributed by atoms with Crippen LogP contribution in [0.3, 0.4) is 0 Å². The Balaban J connectivity index is 0.000000278. The van der Waals surface area contributed by atoms with Crippen molar-refractivity contribution in [3.63, 3.8) is 0 Å². The number of ether oxygens (including phenoxy) is 3. The number of esters is 1. The average molecular weight is 1030 g/mol. The molecule has 2 unspecified atom stereocenters. The molecule has 1 saturated heterocycles. The van der Waals surface area contributed by atoms with Crippen molar-refractivity contribution < 1.29 is 42.9 Å². The first-order valence-electron chi connectivity index (χ1n) is 27.2. The number of rotatable bonds is 18. The second-order valence-corrected chi connectivity index (χ2v) is 24.2. The Bertz CT molecular complexity index is 2720. The molecular weight excluding hydrogens is 939 g/mol. The molecule has 1 fully saturated rings. The van der Waals surface area contributed by atoms with E-state index < -0.39 is 24.0 Å². The fourth-order valence-corrected chi connectivity index (χ4v) is 10.1. The SMILES string of the molecule is CCC(CC)(c1ccc(OCC(O)C(C)(C)C)c(C)c1)c1ccc(-c2ccc(CC(=O)OC)c(F)c2)c(C)c1.CCC(CC)(c1ccc(OCC(O)C(C)(C)C)c(C)c1)c1ccc(B2OC(C)(C)C(C)(C)O2)c(C)c1. The van der Waals surface area contributed by atoms with Crippen LogP contribution < -0.4 is 14.9 Å². The third-order valence-electron chi connectivity index (χ3n) is 16.7. The van der Waals surface area contributed by atoms with E-state index in [9.17, 15) is 19.4 Å². The van der Waals surface area contributed by atoms with Crippen LogP contribution in [-0.2, 0) is 36.1 Å². The molecule has 2 atom stereocenters. The van der Waals surface area contributed by atoms with Crippen molar-refractivity contribution in [2.75, 3.05) is 20.3 Å². The van der Waals surface area contributed by atoms with Crippen molar-refractivity contribution in [1.29, 1.82) is 0 Å². The fourth-order valence-electron chi connectivity index (χ4n) is 10.1. The van der Waals surface area contributed by atoms with E-state index >= 15 is 0 Å². The lowest BCUT2D eigenvalue weighted by Crippen LogP contribution is -2.41. The maximum atomic E-state index is 14.8. The van der Waals surface area contributed by atoms with Crippen LogP contribution >= 0.6 is 0 Å². The first-order valence-corrected chi connectivity index (χ1v) is 27.2. The lowest BCUT2D eigenvalue weighted by atomic mass is 9.68. The molecule has 0 radical (unpaired) electrons. The molecule has 0 aliphatic carbocycles. The Morgan fingerprint density at radius 3 is 1.35 bits per heavy atom. The van der Waals surface area contributed by atoms with Gasteiger partial charge in [0.2, 0.25) is 0 Å². The van der Waals surface area contributed by atoms with Gasteiger partial charge in [0.1, 0.15) is 30.5 Å². The second-order valence-electron chi connectivity index (χ2n) is 24.2. The summed E-state index contributed by atoms with van der Waals surface area (Å²) in [6.07, 6.45) is 2.65. The molecule has 0 amide bonds. The van der Waals surface area contributed by atoms with E-state index in [4.69, 9.17) is 18.8 Å². The predicted molar refractivity (Wildman–Crippen MR) is 306 cm³/mol. The van der Waals surface area contributed by atoms with E-state index in [0.29, 0.717) is 5.56 Å². The third-order valence-corrected chi connectivity index (χ3v) is 16.7. The largest absolute Gasteiger partial charge is 0.495 e. The minimum atomic E-state index is -0.555. The van der Waals surface area contributed by atoms with E-state index in [2.05, 4.69) is 148 Å². The number of aryl methyl sites for hydroxylation is 4. The fraction of sp³-hybridized carbons (Fsp3) is 0.523. The summed E-state index contributed by atoms with van der Waals surface area (Å²) in [6.45, 7) is 38.3. The van der Waals surface area contributed by atoms with Crippen molar-refractivity contribution in [3.8, 4) is 22.6 Å². The summed E-state index contributed by atoms with van der Waals surface area (Å²) in [5.41, 5.74) is 11.1. The van der Waals surface area contributed by atoms with E-state index in [-0.39, 0.29) is 59.6 Å². The zero-order valence-electron chi connectivity index (χ0n) is 49.1. The smallest absolute Gasteiger partial charge is 0.491 e. The minimum absolute atomic E-state index is 0.0868. The number of aliphatic hydroxyl groups is 2. The van der Waals surface area contributed by atoms with Gasteiger partial charge in [-0.2, -0.15) is 0 Å². The second kappa shape index (κ2) is 24.1. The molecule has 10 heteroatoms. The van der Waals surface area contributed by atoms with Crippen LogP contribution in [-0.4, -0.2) is 67.0 Å². The van der Waals surface area contributed by atoms with Gasteiger partial charge in [-0.3, -0.25) is 4.79 Å². The number of hydrogen-bond donors (Lipinski definition) is 2. The number of carbonyl (C=O) groups excluding carboxylic acids is 1. The zero-order chi connectivity index (χ0) is 56.1. The lowest BCUT2D eigenvalue weighted by Gasteiger charge is -2.34. The van der Waals surface area contributed by atoms with Gasteiger partial charge in [0, 0.05) is 10.8 Å². The number of aliphatic hydroxyl groups excluding tert-OH is 2. The lowest BCUT2D eigenvalue weighted by molar-refractivity contribution is -0.139. The highest BCUT2D eigenvalue weighted by Crippen LogP contribution is 2.44. The number of carbonyl (C=O) groups is 1. The summed E-state index contributed by atoms with van der Waals surface area (Å²) in [5.74, 6) is 0.739. The molecule has 1 aliphatic rings. The van der Waals surface area contributed by atoms with Crippen LogP contribution in [0, 0.1) is 44.3 Å². The van der Waals surface area contributed by atoms with Crippen molar-refractivity contribution in [2.45, 2.75) is 191 Å². The number of benzene rings is 5. The molecule has 1 heterocycles. The summed E-state index contributed by atoms with van der Waals surface area (Å²) < 4.78 is 44.1. The molecule has 5 aromatic carbocycles. The van der Waals surface area contributed by atoms with Gasteiger partial charge >= 0.3 is 13.1 Å². The van der Waals surface area contributed by atoms with Crippen LogP contribution in [0.25, 0.3) is 11.1 Å². The van der Waals surface area contributed by atoms with Gasteiger partial charge in [0.25, 0.3) is 0 Å². The maximum absolute atomic E-state index is 14.8. The molecule has 1 aliphatic heterocycles. The van der Waals surface area contributed by atoms with E-state index in [1.165, 1.54) is 41.0 Å². The number of halogens is 1. The van der Waals surface area contributed by atoms with Gasteiger partial charge in [-0.15, -0.1) is 0 Å². The summed E-state index contributed by atoms with van der Waals surface area (Å²) in [5, 5.41) is 20.8. The first kappa shape index (κ1) is 60.9.